The van der Waals surface area contributed by atoms with E-state index in [0.29, 0.717) is 24.4 Å². The fraction of sp³-hybridized carbons (Fsp3) is 0.391. The highest BCUT2D eigenvalue weighted by Crippen LogP contribution is 2.14. The van der Waals surface area contributed by atoms with Gasteiger partial charge in [-0.3, -0.25) is 4.90 Å². The maximum atomic E-state index is 12.5. The molecule has 1 saturated heterocycles. The predicted octanol–water partition coefficient (Wildman–Crippen LogP) is 3.27. The van der Waals surface area contributed by atoms with E-state index in [4.69, 9.17) is 9.47 Å². The average Bonchev–Trinajstić information content (AvgIpc) is 2.72. The lowest BCUT2D eigenvalue weighted by Gasteiger charge is -2.32. The van der Waals surface area contributed by atoms with E-state index in [0.717, 1.165) is 13.1 Å². The fourth-order valence-electron chi connectivity index (χ4n) is 3.27. The maximum Gasteiger partial charge on any atom is 0.338 e. The Hall–Kier alpha value is -2.90. The van der Waals surface area contributed by atoms with Gasteiger partial charge < -0.3 is 20.1 Å². The Labute approximate surface area is 177 Å². The number of amides is 2. The van der Waals surface area contributed by atoms with Crippen LogP contribution in [0, 0.1) is 0 Å². The van der Waals surface area contributed by atoms with Gasteiger partial charge in [0, 0.05) is 31.4 Å². The van der Waals surface area contributed by atoms with E-state index in [-0.39, 0.29) is 24.8 Å². The number of carbonyl (C=O) groups excluding carboxylic acids is 2. The molecule has 0 bridgehead atoms. The number of anilines is 1. The second-order valence-electron chi connectivity index (χ2n) is 7.65. The van der Waals surface area contributed by atoms with E-state index in [9.17, 15) is 9.59 Å². The minimum absolute atomic E-state index is 0.0232. The van der Waals surface area contributed by atoms with Crippen LogP contribution < -0.4 is 10.6 Å². The number of urea groups is 1. The van der Waals surface area contributed by atoms with Crippen molar-refractivity contribution in [3.05, 3.63) is 65.7 Å². The highest BCUT2D eigenvalue weighted by molar-refractivity contribution is 5.94. The summed E-state index contributed by atoms with van der Waals surface area (Å²) in [7, 11) is 0. The van der Waals surface area contributed by atoms with Crippen molar-refractivity contribution in [1.29, 1.82) is 0 Å². The van der Waals surface area contributed by atoms with Crippen molar-refractivity contribution in [2.75, 3.05) is 31.6 Å². The summed E-state index contributed by atoms with van der Waals surface area (Å²) in [5.74, 6) is -0.438. The third-order valence-corrected chi connectivity index (χ3v) is 4.65. The zero-order chi connectivity index (χ0) is 21.3. The van der Waals surface area contributed by atoms with Crippen LogP contribution in [0.25, 0.3) is 0 Å². The van der Waals surface area contributed by atoms with Crippen LogP contribution in [0.2, 0.25) is 0 Å². The van der Waals surface area contributed by atoms with E-state index >= 15 is 0 Å². The average molecular weight is 412 g/mol. The quantitative estimate of drug-likeness (QED) is 0.684. The van der Waals surface area contributed by atoms with Gasteiger partial charge in [-0.05, 0) is 37.6 Å². The van der Waals surface area contributed by atoms with Crippen molar-refractivity contribution in [2.24, 2.45) is 0 Å². The van der Waals surface area contributed by atoms with Crippen molar-refractivity contribution in [2.45, 2.75) is 32.5 Å². The van der Waals surface area contributed by atoms with Crippen molar-refractivity contribution in [1.82, 2.24) is 10.2 Å². The molecule has 2 N–H and O–H groups in total. The molecule has 0 spiro atoms. The molecule has 1 fully saturated rings. The topological polar surface area (TPSA) is 79.9 Å². The van der Waals surface area contributed by atoms with Crippen LogP contribution in [0.5, 0.6) is 0 Å². The Morgan fingerprint density at radius 2 is 1.97 bits per heavy atom. The van der Waals surface area contributed by atoms with E-state index < -0.39 is 5.97 Å². The molecule has 0 aromatic heterocycles. The molecule has 0 aliphatic carbocycles. The summed E-state index contributed by atoms with van der Waals surface area (Å²) >= 11 is 0. The van der Waals surface area contributed by atoms with Crippen molar-refractivity contribution in [3.8, 4) is 0 Å². The summed E-state index contributed by atoms with van der Waals surface area (Å²) in [4.78, 5) is 26.6. The molecule has 1 unspecified atom stereocenters. The summed E-state index contributed by atoms with van der Waals surface area (Å²) < 4.78 is 11.2. The summed E-state index contributed by atoms with van der Waals surface area (Å²) in [5.41, 5.74) is 2.17. The Bertz CT molecular complexity index is 841. The first kappa shape index (κ1) is 21.8. The van der Waals surface area contributed by atoms with Crippen molar-refractivity contribution >= 4 is 17.7 Å². The van der Waals surface area contributed by atoms with Gasteiger partial charge in [0.05, 0.1) is 12.2 Å². The molecule has 2 amide bonds. The van der Waals surface area contributed by atoms with Crippen LogP contribution in [-0.4, -0.2) is 55.3 Å². The van der Waals surface area contributed by atoms with E-state index in [1.807, 2.05) is 32.0 Å². The monoisotopic (exact) mass is 411 g/mol. The van der Waals surface area contributed by atoms with Gasteiger partial charge in [0.2, 0.25) is 0 Å². The zero-order valence-corrected chi connectivity index (χ0v) is 17.5. The molecule has 3 rings (SSSR count). The second-order valence-corrected chi connectivity index (χ2v) is 7.65. The number of carbonyl (C=O) groups is 2. The van der Waals surface area contributed by atoms with Crippen LogP contribution in [0.3, 0.4) is 0 Å². The number of nitrogens with zero attached hydrogens (tertiary/aromatic N) is 1. The summed E-state index contributed by atoms with van der Waals surface area (Å²) in [6.07, 6.45) is -0.162. The Morgan fingerprint density at radius 1 is 1.17 bits per heavy atom. The fourth-order valence-corrected chi connectivity index (χ4v) is 3.27. The molecular weight excluding hydrogens is 382 g/mol. The highest BCUT2D eigenvalue weighted by Gasteiger charge is 2.22. The molecule has 7 heteroatoms. The van der Waals surface area contributed by atoms with Gasteiger partial charge >= 0.3 is 12.0 Å². The van der Waals surface area contributed by atoms with Crippen LogP contribution in [-0.2, 0) is 16.0 Å². The first-order valence-electron chi connectivity index (χ1n) is 10.2. The third kappa shape index (κ3) is 6.86. The molecule has 160 valence electrons. The highest BCUT2D eigenvalue weighted by atomic mass is 16.6. The number of esters is 1. The second kappa shape index (κ2) is 10.8. The van der Waals surface area contributed by atoms with Gasteiger partial charge in [-0.1, -0.05) is 36.4 Å². The van der Waals surface area contributed by atoms with Crippen molar-refractivity contribution < 1.29 is 19.1 Å². The lowest BCUT2D eigenvalue weighted by atomic mass is 10.2. The number of benzene rings is 2. The van der Waals surface area contributed by atoms with Crippen LogP contribution >= 0.6 is 0 Å². The standard InChI is InChI=1S/C23H29N3O4/c1-17(2)24-23(28)25-20-10-6-9-19(13-20)22(27)30-16-21-15-26(11-12-29-21)14-18-7-4-3-5-8-18/h3-10,13,17,21H,11-12,14-16H2,1-2H3,(H2,24,25,28). The summed E-state index contributed by atoms with van der Waals surface area (Å²) in [5, 5.41) is 5.46. The smallest absolute Gasteiger partial charge is 0.338 e. The van der Waals surface area contributed by atoms with Gasteiger partial charge in [0.1, 0.15) is 12.7 Å². The number of hydrogen-bond donors (Lipinski definition) is 2. The molecule has 7 nitrogen and oxygen atoms in total. The van der Waals surface area contributed by atoms with E-state index in [1.54, 1.807) is 24.3 Å². The molecule has 1 aliphatic rings. The maximum absolute atomic E-state index is 12.5. The predicted molar refractivity (Wildman–Crippen MR) is 115 cm³/mol. The summed E-state index contributed by atoms with van der Waals surface area (Å²) in [6, 6.07) is 16.7. The molecule has 0 saturated carbocycles. The Balaban J connectivity index is 1.49. The molecular formula is C23H29N3O4. The number of rotatable bonds is 7. The van der Waals surface area contributed by atoms with Crippen LogP contribution in [0.4, 0.5) is 10.5 Å². The van der Waals surface area contributed by atoms with Crippen molar-refractivity contribution in [3.63, 3.8) is 0 Å². The molecule has 2 aromatic rings. The molecule has 1 aliphatic heterocycles. The van der Waals surface area contributed by atoms with Gasteiger partial charge in [-0.25, -0.2) is 9.59 Å². The zero-order valence-electron chi connectivity index (χ0n) is 17.5. The normalized spacial score (nSPS) is 16.8. The molecule has 0 radical (unpaired) electrons. The molecule has 1 atom stereocenters. The van der Waals surface area contributed by atoms with E-state index in [2.05, 4.69) is 27.7 Å². The van der Waals surface area contributed by atoms with E-state index in [1.165, 1.54) is 5.56 Å². The minimum atomic E-state index is -0.438. The van der Waals surface area contributed by atoms with Gasteiger partial charge in [0.15, 0.2) is 0 Å². The van der Waals surface area contributed by atoms with Crippen LogP contribution in [0.15, 0.2) is 54.6 Å². The number of morpholine rings is 1. The lowest BCUT2D eigenvalue weighted by molar-refractivity contribution is -0.0612. The number of nitrogens with one attached hydrogen (secondary N) is 2. The molecule has 1 heterocycles. The molecule has 2 aromatic carbocycles. The number of ether oxygens (including phenoxy) is 2. The Kier molecular flexibility index (Phi) is 7.82. The lowest BCUT2D eigenvalue weighted by Crippen LogP contribution is -2.44. The van der Waals surface area contributed by atoms with Gasteiger partial charge in [-0.2, -0.15) is 0 Å². The third-order valence-electron chi connectivity index (χ3n) is 4.65. The first-order chi connectivity index (χ1) is 14.5. The largest absolute Gasteiger partial charge is 0.459 e. The minimum Gasteiger partial charge on any atom is -0.459 e. The van der Waals surface area contributed by atoms with Crippen LogP contribution in [0.1, 0.15) is 29.8 Å². The summed E-state index contributed by atoms with van der Waals surface area (Å²) in [6.45, 7) is 6.96. The van der Waals surface area contributed by atoms with Gasteiger partial charge in [0.25, 0.3) is 0 Å². The number of hydrogen-bond acceptors (Lipinski definition) is 5. The molecule has 30 heavy (non-hydrogen) atoms. The Morgan fingerprint density at radius 3 is 2.73 bits per heavy atom. The van der Waals surface area contributed by atoms with Gasteiger partial charge in [-0.15, -0.1) is 0 Å². The SMILES string of the molecule is CC(C)NC(=O)Nc1cccc(C(=O)OCC2CN(Cc3ccccc3)CCO2)c1. The first-order valence-corrected chi connectivity index (χ1v) is 10.2.